The molecule has 4 rings (SSSR count). The minimum atomic E-state index is 0.670. The van der Waals surface area contributed by atoms with E-state index in [0.717, 1.165) is 103 Å². The number of hydrogen-bond donors (Lipinski definition) is 0. The van der Waals surface area contributed by atoms with Crippen molar-refractivity contribution >= 4 is 74.9 Å². The molecule has 8 heteroatoms. The highest BCUT2D eigenvalue weighted by atomic mass is 79.9. The first-order valence-corrected chi connectivity index (χ1v) is 20.1. The monoisotopic (exact) mass is 876 g/mol. The second kappa shape index (κ2) is 20.9. The first-order chi connectivity index (χ1) is 22.7. The van der Waals surface area contributed by atoms with Gasteiger partial charge in [-0.1, -0.05) is 112 Å². The number of rotatable bonds is 20. The summed E-state index contributed by atoms with van der Waals surface area (Å²) in [5.74, 6) is 3.43. The van der Waals surface area contributed by atoms with Gasteiger partial charge in [0, 0.05) is 21.3 Å². The van der Waals surface area contributed by atoms with Gasteiger partial charge in [-0.3, -0.25) is 0 Å². The molecule has 0 aliphatic heterocycles. The van der Waals surface area contributed by atoms with Crippen molar-refractivity contribution in [2.45, 2.75) is 25.7 Å². The Morgan fingerprint density at radius 2 is 0.522 bits per heavy atom. The number of halogens is 4. The fourth-order valence-electron chi connectivity index (χ4n) is 4.76. The lowest BCUT2D eigenvalue weighted by Gasteiger charge is -2.19. The Balaban J connectivity index is 1.83. The molecule has 4 nitrogen and oxygen atoms in total. The van der Waals surface area contributed by atoms with Crippen LogP contribution < -0.4 is 18.9 Å². The van der Waals surface area contributed by atoms with Crippen LogP contribution in [0.3, 0.4) is 0 Å². The first kappa shape index (κ1) is 36.6. The summed E-state index contributed by atoms with van der Waals surface area (Å²) in [5.41, 5.74) is 6.58. The molecule has 0 amide bonds. The van der Waals surface area contributed by atoms with Crippen LogP contribution in [0.2, 0.25) is 0 Å². The average molecular weight is 880 g/mol. The third-order valence-electron chi connectivity index (χ3n) is 7.01. The van der Waals surface area contributed by atoms with E-state index in [-0.39, 0.29) is 0 Å². The van der Waals surface area contributed by atoms with Crippen LogP contribution >= 0.6 is 63.7 Å². The summed E-state index contributed by atoms with van der Waals surface area (Å²) in [5, 5.41) is 3.66. The van der Waals surface area contributed by atoms with Gasteiger partial charge in [-0.2, -0.15) is 0 Å². The largest absolute Gasteiger partial charge is 0.494 e. The van der Waals surface area contributed by atoms with Gasteiger partial charge in [-0.05, 0) is 108 Å². The van der Waals surface area contributed by atoms with E-state index < -0.39 is 0 Å². The smallest absolute Gasteiger partial charge is 0.119 e. The minimum Gasteiger partial charge on any atom is -0.494 e. The first-order valence-electron chi connectivity index (χ1n) is 15.6. The third kappa shape index (κ3) is 11.5. The molecule has 0 aromatic heterocycles. The van der Waals surface area contributed by atoms with Gasteiger partial charge >= 0.3 is 0 Å². The van der Waals surface area contributed by atoms with Gasteiger partial charge in [-0.15, -0.1) is 0 Å². The minimum absolute atomic E-state index is 0.670. The number of ether oxygens (including phenoxy) is 4. The molecule has 0 aliphatic rings. The van der Waals surface area contributed by atoms with E-state index in [4.69, 9.17) is 18.9 Å². The summed E-state index contributed by atoms with van der Waals surface area (Å²) in [6, 6.07) is 33.6. The number of benzene rings is 4. The van der Waals surface area contributed by atoms with Gasteiger partial charge in [0.1, 0.15) is 23.0 Å². The van der Waals surface area contributed by atoms with E-state index in [1.54, 1.807) is 0 Å². The highest BCUT2D eigenvalue weighted by molar-refractivity contribution is 9.09. The summed E-state index contributed by atoms with van der Waals surface area (Å²) in [7, 11) is 0. The van der Waals surface area contributed by atoms with E-state index >= 15 is 0 Å². The molecule has 0 bridgehead atoms. The van der Waals surface area contributed by atoms with E-state index in [0.29, 0.717) is 26.4 Å². The maximum absolute atomic E-state index is 5.99. The molecule has 4 aromatic rings. The topological polar surface area (TPSA) is 36.9 Å². The molecule has 0 heterocycles. The van der Waals surface area contributed by atoms with Crippen LogP contribution in [-0.2, 0) is 0 Å². The molecular formula is C38H40Br4O4. The van der Waals surface area contributed by atoms with Crippen molar-refractivity contribution in [3.8, 4) is 23.0 Å². The van der Waals surface area contributed by atoms with Crippen molar-refractivity contribution in [2.24, 2.45) is 0 Å². The number of alkyl halides is 4. The molecule has 244 valence electrons. The molecule has 0 saturated heterocycles. The summed E-state index contributed by atoms with van der Waals surface area (Å²) >= 11 is 13.9. The molecule has 0 atom stereocenters. The maximum atomic E-state index is 5.99. The molecule has 0 aliphatic carbocycles. The second-order valence-electron chi connectivity index (χ2n) is 10.4. The van der Waals surface area contributed by atoms with Crippen molar-refractivity contribution in [2.75, 3.05) is 47.7 Å². The molecule has 0 spiro atoms. The number of hydrogen-bond acceptors (Lipinski definition) is 4. The molecule has 46 heavy (non-hydrogen) atoms. The van der Waals surface area contributed by atoms with Gasteiger partial charge in [0.25, 0.3) is 0 Å². The normalized spacial score (nSPS) is 10.8. The van der Waals surface area contributed by atoms with Gasteiger partial charge in [-0.25, -0.2) is 0 Å². The zero-order valence-corrected chi connectivity index (χ0v) is 32.2. The Bertz CT molecular complexity index is 1230. The van der Waals surface area contributed by atoms with Crippen molar-refractivity contribution in [1.29, 1.82) is 0 Å². The van der Waals surface area contributed by atoms with E-state index in [9.17, 15) is 0 Å². The van der Waals surface area contributed by atoms with Gasteiger partial charge in [0.15, 0.2) is 0 Å². The lowest BCUT2D eigenvalue weighted by molar-refractivity contribution is 0.319. The van der Waals surface area contributed by atoms with Crippen LogP contribution in [0, 0.1) is 0 Å². The quantitative estimate of drug-likeness (QED) is 0.0503. The van der Waals surface area contributed by atoms with Crippen LogP contribution in [0.4, 0.5) is 0 Å². The lowest BCUT2D eigenvalue weighted by Crippen LogP contribution is -2.01. The molecule has 0 saturated carbocycles. The average Bonchev–Trinajstić information content (AvgIpc) is 3.09. The highest BCUT2D eigenvalue weighted by Crippen LogP contribution is 2.39. The van der Waals surface area contributed by atoms with Crippen LogP contribution in [-0.4, -0.2) is 47.7 Å². The van der Waals surface area contributed by atoms with Gasteiger partial charge < -0.3 is 18.9 Å². The summed E-state index contributed by atoms with van der Waals surface area (Å²) in [6.07, 6.45) is 3.80. The second-order valence-corrected chi connectivity index (χ2v) is 13.6. The Hall–Kier alpha value is -2.26. The Kier molecular flexibility index (Phi) is 16.6. The van der Waals surface area contributed by atoms with Crippen LogP contribution in [0.1, 0.15) is 47.9 Å². The van der Waals surface area contributed by atoms with Crippen molar-refractivity contribution in [1.82, 2.24) is 0 Å². The van der Waals surface area contributed by atoms with E-state index in [1.807, 2.05) is 0 Å². The standard InChI is InChI=1S/C38H40Br4O4/c39-21-1-25-43-33-13-5-29(6-14-33)37(30-7-15-34(16-8-30)44-26-2-22-40)38(31-9-17-35(18-10-31)45-27-3-23-41)32-11-19-36(20-12-32)46-28-4-24-42/h5-20H,1-4,21-28H2. The lowest BCUT2D eigenvalue weighted by atomic mass is 9.85. The van der Waals surface area contributed by atoms with Crippen molar-refractivity contribution in [3.63, 3.8) is 0 Å². The highest BCUT2D eigenvalue weighted by Gasteiger charge is 2.17. The van der Waals surface area contributed by atoms with Crippen molar-refractivity contribution < 1.29 is 18.9 Å². The SMILES string of the molecule is BrCCCOc1ccc(C(=C(c2ccc(OCCCBr)cc2)c2ccc(OCCCBr)cc2)c2ccc(OCCCBr)cc2)cc1. The zero-order valence-electron chi connectivity index (χ0n) is 25.9. The Labute approximate surface area is 307 Å². The fraction of sp³-hybridized carbons (Fsp3) is 0.316. The van der Waals surface area contributed by atoms with Gasteiger partial charge in [0.05, 0.1) is 26.4 Å². The Morgan fingerprint density at radius 1 is 0.326 bits per heavy atom. The van der Waals surface area contributed by atoms with Crippen LogP contribution in [0.5, 0.6) is 23.0 Å². The molecule has 0 fully saturated rings. The van der Waals surface area contributed by atoms with E-state index in [2.05, 4.69) is 161 Å². The maximum Gasteiger partial charge on any atom is 0.119 e. The predicted octanol–water partition coefficient (Wildman–Crippen LogP) is 11.3. The summed E-state index contributed by atoms with van der Waals surface area (Å²) < 4.78 is 23.9. The zero-order chi connectivity index (χ0) is 32.4. The Morgan fingerprint density at radius 3 is 0.696 bits per heavy atom. The summed E-state index contributed by atoms with van der Waals surface area (Å²) in [6.45, 7) is 2.68. The predicted molar refractivity (Wildman–Crippen MR) is 206 cm³/mol. The fourth-order valence-corrected chi connectivity index (χ4v) is 5.68. The van der Waals surface area contributed by atoms with Crippen LogP contribution in [0.25, 0.3) is 11.1 Å². The molecule has 0 radical (unpaired) electrons. The molecule has 0 unspecified atom stereocenters. The van der Waals surface area contributed by atoms with E-state index in [1.165, 1.54) is 0 Å². The molecule has 0 N–H and O–H groups in total. The van der Waals surface area contributed by atoms with Crippen molar-refractivity contribution in [3.05, 3.63) is 119 Å². The molecular weight excluding hydrogens is 840 g/mol. The van der Waals surface area contributed by atoms with Crippen LogP contribution in [0.15, 0.2) is 97.1 Å². The molecule has 4 aromatic carbocycles. The summed E-state index contributed by atoms with van der Waals surface area (Å²) in [4.78, 5) is 0. The van der Waals surface area contributed by atoms with Gasteiger partial charge in [0.2, 0.25) is 0 Å². The third-order valence-corrected chi connectivity index (χ3v) is 9.25.